The average molecular weight is 323 g/mol. The molecular weight excluding hydrogens is 304 g/mol. The molecule has 1 fully saturated rings. The molecule has 7 heteroatoms. The van der Waals surface area contributed by atoms with E-state index in [4.69, 9.17) is 11.6 Å². The van der Waals surface area contributed by atoms with Crippen LogP contribution in [0.5, 0.6) is 0 Å². The molecule has 2 rings (SSSR count). The van der Waals surface area contributed by atoms with E-state index in [-0.39, 0.29) is 0 Å². The fourth-order valence-corrected chi connectivity index (χ4v) is 5.32. The van der Waals surface area contributed by atoms with Crippen LogP contribution in [0, 0.1) is 0 Å². The molecule has 0 spiro atoms. The highest BCUT2D eigenvalue weighted by Crippen LogP contribution is 2.29. The molecule has 0 bridgehead atoms. The minimum atomic E-state index is -3.35. The van der Waals surface area contributed by atoms with Gasteiger partial charge in [0, 0.05) is 19.1 Å². The van der Waals surface area contributed by atoms with Gasteiger partial charge in [-0.3, -0.25) is 0 Å². The van der Waals surface area contributed by atoms with E-state index in [9.17, 15) is 8.42 Å². The maximum absolute atomic E-state index is 12.4. The summed E-state index contributed by atoms with van der Waals surface area (Å²) in [6, 6.07) is 3.66. The minimum Gasteiger partial charge on any atom is -0.314 e. The first-order valence-electron chi connectivity index (χ1n) is 6.53. The summed E-state index contributed by atoms with van der Waals surface area (Å²) in [7, 11) is -3.35. The number of nitrogens with zero attached hydrogens (tertiary/aromatic N) is 1. The third-order valence-corrected chi connectivity index (χ3v) is 6.88. The number of sulfonamides is 1. The Morgan fingerprint density at radius 3 is 2.63 bits per heavy atom. The van der Waals surface area contributed by atoms with Crippen LogP contribution in [0.4, 0.5) is 0 Å². The molecule has 2 heterocycles. The fourth-order valence-electron chi connectivity index (χ4n) is 2.21. The molecule has 1 aliphatic heterocycles. The van der Waals surface area contributed by atoms with E-state index >= 15 is 0 Å². The lowest BCUT2D eigenvalue weighted by molar-refractivity contribution is 0.290. The molecule has 1 aromatic rings. The number of piperidine rings is 1. The lowest BCUT2D eigenvalue weighted by Crippen LogP contribution is -2.44. The number of halogens is 1. The molecule has 4 nitrogen and oxygen atoms in total. The third-order valence-electron chi connectivity index (χ3n) is 3.28. The van der Waals surface area contributed by atoms with Crippen molar-refractivity contribution >= 4 is 33.0 Å². The van der Waals surface area contributed by atoms with Gasteiger partial charge in [-0.05, 0) is 37.9 Å². The fraction of sp³-hybridized carbons (Fsp3) is 0.667. The second-order valence-electron chi connectivity index (χ2n) is 4.69. The quantitative estimate of drug-likeness (QED) is 0.906. The van der Waals surface area contributed by atoms with Gasteiger partial charge in [-0.25, -0.2) is 8.42 Å². The molecule has 1 saturated heterocycles. The second-order valence-corrected chi connectivity index (χ2v) is 8.57. The van der Waals surface area contributed by atoms with E-state index in [0.29, 0.717) is 27.7 Å². The number of hydrogen-bond donors (Lipinski definition) is 1. The van der Waals surface area contributed by atoms with Gasteiger partial charge in [0.15, 0.2) is 0 Å². The van der Waals surface area contributed by atoms with E-state index in [0.717, 1.165) is 37.1 Å². The highest BCUT2D eigenvalue weighted by atomic mass is 35.5. The van der Waals surface area contributed by atoms with E-state index in [1.165, 1.54) is 0 Å². The van der Waals surface area contributed by atoms with E-state index < -0.39 is 10.0 Å². The van der Waals surface area contributed by atoms with Gasteiger partial charge >= 0.3 is 0 Å². The van der Waals surface area contributed by atoms with Crippen LogP contribution in [0.1, 0.15) is 26.2 Å². The van der Waals surface area contributed by atoms with Crippen molar-refractivity contribution in [2.24, 2.45) is 0 Å². The van der Waals surface area contributed by atoms with Crippen molar-refractivity contribution in [2.45, 2.75) is 36.4 Å². The smallest absolute Gasteiger partial charge is 0.252 e. The van der Waals surface area contributed by atoms with E-state index in [1.54, 1.807) is 16.4 Å². The topological polar surface area (TPSA) is 49.4 Å². The van der Waals surface area contributed by atoms with Gasteiger partial charge in [0.2, 0.25) is 0 Å². The summed E-state index contributed by atoms with van der Waals surface area (Å²) < 4.78 is 27.2. The van der Waals surface area contributed by atoms with Gasteiger partial charge in [0.25, 0.3) is 10.0 Å². The molecule has 0 aromatic carbocycles. The van der Waals surface area contributed by atoms with Crippen molar-refractivity contribution < 1.29 is 8.42 Å². The van der Waals surface area contributed by atoms with Gasteiger partial charge in [0.05, 0.1) is 4.34 Å². The Bertz CT molecular complexity index is 508. The monoisotopic (exact) mass is 322 g/mol. The van der Waals surface area contributed by atoms with Crippen LogP contribution in [-0.2, 0) is 10.0 Å². The van der Waals surface area contributed by atoms with Crippen molar-refractivity contribution in [3.8, 4) is 0 Å². The number of rotatable bonds is 5. The van der Waals surface area contributed by atoms with Crippen LogP contribution in [0.2, 0.25) is 4.34 Å². The molecule has 0 atom stereocenters. The van der Waals surface area contributed by atoms with Crippen LogP contribution < -0.4 is 5.32 Å². The highest BCUT2D eigenvalue weighted by molar-refractivity contribution is 7.91. The summed E-state index contributed by atoms with van der Waals surface area (Å²) in [5.41, 5.74) is 0. The highest BCUT2D eigenvalue weighted by Gasteiger charge is 2.30. The molecule has 1 aromatic heterocycles. The largest absolute Gasteiger partial charge is 0.314 e. The van der Waals surface area contributed by atoms with Crippen LogP contribution >= 0.6 is 22.9 Å². The van der Waals surface area contributed by atoms with Gasteiger partial charge < -0.3 is 5.32 Å². The normalized spacial score (nSPS) is 18.8. The molecule has 0 radical (unpaired) electrons. The van der Waals surface area contributed by atoms with Crippen LogP contribution in [-0.4, -0.2) is 38.4 Å². The van der Waals surface area contributed by atoms with Gasteiger partial charge in [-0.2, -0.15) is 4.31 Å². The van der Waals surface area contributed by atoms with E-state index in [1.807, 2.05) is 0 Å². The number of nitrogens with one attached hydrogen (secondary N) is 1. The van der Waals surface area contributed by atoms with Crippen molar-refractivity contribution in [2.75, 3.05) is 19.6 Å². The zero-order chi connectivity index (χ0) is 13.9. The Kier molecular flexibility index (Phi) is 5.25. The first kappa shape index (κ1) is 15.3. The zero-order valence-corrected chi connectivity index (χ0v) is 13.3. The van der Waals surface area contributed by atoms with Crippen molar-refractivity contribution in [1.82, 2.24) is 9.62 Å². The summed E-state index contributed by atoms with van der Waals surface area (Å²) >= 11 is 6.93. The third kappa shape index (κ3) is 3.70. The van der Waals surface area contributed by atoms with Gasteiger partial charge in [-0.15, -0.1) is 11.3 Å². The second kappa shape index (κ2) is 6.54. The Labute approximate surface area is 123 Å². The van der Waals surface area contributed by atoms with Crippen LogP contribution in [0.15, 0.2) is 16.3 Å². The minimum absolute atomic E-state index is 0.345. The number of thiophene rings is 1. The predicted molar refractivity (Wildman–Crippen MR) is 79.4 cm³/mol. The molecule has 0 amide bonds. The first-order chi connectivity index (χ1) is 9.04. The number of hydrogen-bond acceptors (Lipinski definition) is 4. The Hall–Kier alpha value is -0.140. The molecule has 108 valence electrons. The average Bonchev–Trinajstić information content (AvgIpc) is 2.84. The molecule has 0 unspecified atom stereocenters. The molecule has 19 heavy (non-hydrogen) atoms. The lowest BCUT2D eigenvalue weighted by atomic mass is 10.1. The van der Waals surface area contributed by atoms with Crippen LogP contribution in [0.3, 0.4) is 0 Å². The summed E-state index contributed by atoms with van der Waals surface area (Å²) in [6.45, 7) is 4.30. The van der Waals surface area contributed by atoms with Crippen molar-refractivity contribution in [3.05, 3.63) is 16.5 Å². The van der Waals surface area contributed by atoms with Gasteiger partial charge in [-0.1, -0.05) is 18.5 Å². The first-order valence-corrected chi connectivity index (χ1v) is 9.16. The van der Waals surface area contributed by atoms with Crippen LogP contribution in [0.25, 0.3) is 0 Å². The maximum Gasteiger partial charge on any atom is 0.252 e. The summed E-state index contributed by atoms with van der Waals surface area (Å²) in [4.78, 5) is 0. The Morgan fingerprint density at radius 1 is 1.42 bits per heavy atom. The predicted octanol–water partition coefficient (Wildman–Crippen LogP) is 2.55. The van der Waals surface area contributed by atoms with Crippen molar-refractivity contribution in [3.63, 3.8) is 0 Å². The van der Waals surface area contributed by atoms with Crippen molar-refractivity contribution in [1.29, 1.82) is 0 Å². The Balaban J connectivity index is 1.97. The standard InChI is InChI=1S/C12H19ClN2O2S2/c1-2-7-14-10-5-8-15(9-6-10)19(16,17)12-4-3-11(13)18-12/h3-4,10,14H,2,5-9H2,1H3. The molecule has 0 saturated carbocycles. The summed E-state index contributed by atoms with van der Waals surface area (Å²) in [5.74, 6) is 0. The zero-order valence-electron chi connectivity index (χ0n) is 10.9. The maximum atomic E-state index is 12.4. The van der Waals surface area contributed by atoms with E-state index in [2.05, 4.69) is 12.2 Å². The SMILES string of the molecule is CCCNC1CCN(S(=O)(=O)c2ccc(Cl)s2)CC1. The molecule has 1 aliphatic rings. The molecule has 1 N–H and O–H groups in total. The summed E-state index contributed by atoms with van der Waals surface area (Å²) in [6.07, 6.45) is 2.85. The Morgan fingerprint density at radius 2 is 2.11 bits per heavy atom. The lowest BCUT2D eigenvalue weighted by Gasteiger charge is -2.31. The summed E-state index contributed by atoms with van der Waals surface area (Å²) in [5, 5.41) is 3.45. The molecular formula is C12H19ClN2O2S2. The molecule has 0 aliphatic carbocycles. The van der Waals surface area contributed by atoms with Gasteiger partial charge in [0.1, 0.15) is 4.21 Å².